The molecular formula is C15H22O. The molecule has 0 heterocycles. The van der Waals surface area contributed by atoms with Gasteiger partial charge in [-0.3, -0.25) is 0 Å². The summed E-state index contributed by atoms with van der Waals surface area (Å²) in [4.78, 5) is 0. The van der Waals surface area contributed by atoms with Gasteiger partial charge in [-0.2, -0.15) is 0 Å². The summed E-state index contributed by atoms with van der Waals surface area (Å²) < 4.78 is 6.03. The van der Waals surface area contributed by atoms with E-state index in [1.807, 2.05) is 0 Å². The molecule has 88 valence electrons. The first-order valence-corrected chi connectivity index (χ1v) is 6.51. The number of aryl methyl sites for hydroxylation is 1. The topological polar surface area (TPSA) is 9.23 Å². The fourth-order valence-electron chi connectivity index (χ4n) is 2.54. The molecule has 2 rings (SSSR count). The Morgan fingerprint density at radius 2 is 1.94 bits per heavy atom. The SMILES string of the molecule is CCC1CCC(Oc2cccc(C)c2)CC1. The minimum Gasteiger partial charge on any atom is -0.490 e. The molecule has 16 heavy (non-hydrogen) atoms. The lowest BCUT2D eigenvalue weighted by atomic mass is 9.86. The van der Waals surface area contributed by atoms with Gasteiger partial charge in [0.25, 0.3) is 0 Å². The summed E-state index contributed by atoms with van der Waals surface area (Å²) in [6, 6.07) is 8.38. The molecule has 0 atom stereocenters. The second-order valence-corrected chi connectivity index (χ2v) is 4.99. The van der Waals surface area contributed by atoms with Crippen LogP contribution in [0.3, 0.4) is 0 Å². The molecule has 1 heteroatoms. The van der Waals surface area contributed by atoms with Crippen molar-refractivity contribution in [1.29, 1.82) is 0 Å². The summed E-state index contributed by atoms with van der Waals surface area (Å²) in [7, 11) is 0. The van der Waals surface area contributed by atoms with E-state index >= 15 is 0 Å². The van der Waals surface area contributed by atoms with Crippen LogP contribution in [-0.2, 0) is 0 Å². The average Bonchev–Trinajstić information content (AvgIpc) is 2.30. The molecule has 1 aliphatic rings. The Labute approximate surface area is 98.8 Å². The number of ether oxygens (including phenoxy) is 1. The Hall–Kier alpha value is -0.980. The van der Waals surface area contributed by atoms with Gasteiger partial charge in [0.15, 0.2) is 0 Å². The van der Waals surface area contributed by atoms with Gasteiger partial charge in [-0.25, -0.2) is 0 Å². The van der Waals surface area contributed by atoms with E-state index in [1.54, 1.807) is 0 Å². The molecule has 0 bridgehead atoms. The molecule has 0 unspecified atom stereocenters. The van der Waals surface area contributed by atoms with Crippen molar-refractivity contribution in [3.63, 3.8) is 0 Å². The largest absolute Gasteiger partial charge is 0.490 e. The number of hydrogen-bond acceptors (Lipinski definition) is 1. The zero-order valence-electron chi connectivity index (χ0n) is 10.4. The van der Waals surface area contributed by atoms with Crippen LogP contribution in [0.4, 0.5) is 0 Å². The van der Waals surface area contributed by atoms with Crippen molar-refractivity contribution in [3.05, 3.63) is 29.8 Å². The standard InChI is InChI=1S/C15H22O/c1-3-13-7-9-14(10-8-13)16-15-6-4-5-12(2)11-15/h4-6,11,13-14H,3,7-10H2,1-2H3. The fraction of sp³-hybridized carbons (Fsp3) is 0.600. The van der Waals surface area contributed by atoms with E-state index in [0.717, 1.165) is 11.7 Å². The van der Waals surface area contributed by atoms with Crippen LogP contribution in [0.5, 0.6) is 5.75 Å². The van der Waals surface area contributed by atoms with Crippen LogP contribution >= 0.6 is 0 Å². The van der Waals surface area contributed by atoms with E-state index in [0.29, 0.717) is 6.10 Å². The van der Waals surface area contributed by atoms with Gasteiger partial charge in [0.1, 0.15) is 5.75 Å². The Bertz CT molecular complexity index is 324. The summed E-state index contributed by atoms with van der Waals surface area (Å²) in [5.74, 6) is 1.98. The molecule has 1 aromatic rings. The van der Waals surface area contributed by atoms with Gasteiger partial charge in [-0.05, 0) is 56.2 Å². The van der Waals surface area contributed by atoms with Crippen LogP contribution in [0.25, 0.3) is 0 Å². The van der Waals surface area contributed by atoms with Crippen LogP contribution in [0.15, 0.2) is 24.3 Å². The maximum absolute atomic E-state index is 6.03. The van der Waals surface area contributed by atoms with Crippen LogP contribution in [0.1, 0.15) is 44.6 Å². The van der Waals surface area contributed by atoms with Crippen molar-refractivity contribution in [2.45, 2.75) is 52.1 Å². The van der Waals surface area contributed by atoms with Gasteiger partial charge in [-0.15, -0.1) is 0 Å². The molecule has 1 aromatic carbocycles. The van der Waals surface area contributed by atoms with Crippen molar-refractivity contribution < 1.29 is 4.74 Å². The summed E-state index contributed by atoms with van der Waals surface area (Å²) in [5, 5.41) is 0. The van der Waals surface area contributed by atoms with Gasteiger partial charge in [-0.1, -0.05) is 25.5 Å². The highest BCUT2D eigenvalue weighted by Gasteiger charge is 2.20. The maximum atomic E-state index is 6.03. The molecule has 1 aliphatic carbocycles. The third-order valence-corrected chi connectivity index (χ3v) is 3.66. The Kier molecular flexibility index (Phi) is 3.87. The molecule has 0 aromatic heterocycles. The second kappa shape index (κ2) is 5.38. The molecular weight excluding hydrogens is 196 g/mol. The van der Waals surface area contributed by atoms with Crippen LogP contribution in [0, 0.1) is 12.8 Å². The number of rotatable bonds is 3. The molecule has 1 fully saturated rings. The van der Waals surface area contributed by atoms with Crippen molar-refractivity contribution in [1.82, 2.24) is 0 Å². The first kappa shape index (κ1) is 11.5. The molecule has 0 radical (unpaired) electrons. The predicted molar refractivity (Wildman–Crippen MR) is 67.8 cm³/mol. The lowest BCUT2D eigenvalue weighted by molar-refractivity contribution is 0.130. The van der Waals surface area contributed by atoms with Crippen molar-refractivity contribution in [2.24, 2.45) is 5.92 Å². The second-order valence-electron chi connectivity index (χ2n) is 4.99. The van der Waals surface area contributed by atoms with Gasteiger partial charge >= 0.3 is 0 Å². The van der Waals surface area contributed by atoms with Gasteiger partial charge in [0.05, 0.1) is 6.10 Å². The molecule has 1 nitrogen and oxygen atoms in total. The third kappa shape index (κ3) is 3.01. The van der Waals surface area contributed by atoms with Crippen LogP contribution < -0.4 is 4.74 Å². The van der Waals surface area contributed by atoms with Gasteiger partial charge in [0, 0.05) is 0 Å². The summed E-state index contributed by atoms with van der Waals surface area (Å²) in [6.07, 6.45) is 6.92. The van der Waals surface area contributed by atoms with Crippen molar-refractivity contribution in [2.75, 3.05) is 0 Å². The Morgan fingerprint density at radius 3 is 2.56 bits per heavy atom. The minimum atomic E-state index is 0.449. The highest BCUT2D eigenvalue weighted by Crippen LogP contribution is 2.29. The van der Waals surface area contributed by atoms with E-state index in [9.17, 15) is 0 Å². The lowest BCUT2D eigenvalue weighted by Crippen LogP contribution is -2.23. The third-order valence-electron chi connectivity index (χ3n) is 3.66. The van der Waals surface area contributed by atoms with E-state index in [-0.39, 0.29) is 0 Å². The summed E-state index contributed by atoms with van der Waals surface area (Å²) >= 11 is 0. The molecule has 0 aliphatic heterocycles. The molecule has 1 saturated carbocycles. The summed E-state index contributed by atoms with van der Waals surface area (Å²) in [6.45, 7) is 4.41. The minimum absolute atomic E-state index is 0.449. The van der Waals surface area contributed by atoms with Crippen LogP contribution in [-0.4, -0.2) is 6.10 Å². The maximum Gasteiger partial charge on any atom is 0.119 e. The Morgan fingerprint density at radius 1 is 1.19 bits per heavy atom. The molecule has 0 spiro atoms. The van der Waals surface area contributed by atoms with Gasteiger partial charge < -0.3 is 4.74 Å². The van der Waals surface area contributed by atoms with Gasteiger partial charge in [0.2, 0.25) is 0 Å². The smallest absolute Gasteiger partial charge is 0.119 e. The Balaban J connectivity index is 1.87. The highest BCUT2D eigenvalue weighted by molar-refractivity contribution is 5.27. The highest BCUT2D eigenvalue weighted by atomic mass is 16.5. The predicted octanol–water partition coefficient (Wildman–Crippen LogP) is 4.34. The zero-order valence-corrected chi connectivity index (χ0v) is 10.4. The van der Waals surface area contributed by atoms with E-state index in [4.69, 9.17) is 4.74 Å². The number of benzene rings is 1. The first-order chi connectivity index (χ1) is 7.78. The normalized spacial score (nSPS) is 25.4. The molecule has 0 amide bonds. The van der Waals surface area contributed by atoms with Crippen LogP contribution in [0.2, 0.25) is 0 Å². The summed E-state index contributed by atoms with van der Waals surface area (Å²) in [5.41, 5.74) is 1.28. The lowest BCUT2D eigenvalue weighted by Gasteiger charge is -2.28. The number of hydrogen-bond donors (Lipinski definition) is 0. The van der Waals surface area contributed by atoms with Crippen molar-refractivity contribution in [3.8, 4) is 5.75 Å². The van der Waals surface area contributed by atoms with E-state index in [1.165, 1.54) is 37.7 Å². The quantitative estimate of drug-likeness (QED) is 0.733. The van der Waals surface area contributed by atoms with Crippen molar-refractivity contribution >= 4 is 0 Å². The molecule has 0 saturated heterocycles. The fourth-order valence-corrected chi connectivity index (χ4v) is 2.54. The molecule has 0 N–H and O–H groups in total. The average molecular weight is 218 g/mol. The zero-order chi connectivity index (χ0) is 11.4. The first-order valence-electron chi connectivity index (χ1n) is 6.51. The monoisotopic (exact) mass is 218 g/mol. The van der Waals surface area contributed by atoms with E-state index < -0.39 is 0 Å². The van der Waals surface area contributed by atoms with E-state index in [2.05, 4.69) is 38.1 Å².